The number of fused-ring (bicyclic) bond motifs is 1. The maximum atomic E-state index is 14.0. The van der Waals surface area contributed by atoms with Crippen molar-refractivity contribution in [2.45, 2.75) is 32.3 Å². The van der Waals surface area contributed by atoms with Crippen molar-refractivity contribution in [2.75, 3.05) is 11.5 Å². The Kier molecular flexibility index (Phi) is 5.56. The third-order valence-corrected chi connectivity index (χ3v) is 6.90. The number of sulfone groups is 1. The van der Waals surface area contributed by atoms with Crippen molar-refractivity contribution in [3.8, 4) is 5.75 Å². The van der Waals surface area contributed by atoms with E-state index in [0.717, 1.165) is 5.56 Å². The monoisotopic (exact) mass is 420 g/mol. The molecule has 0 saturated carbocycles. The molecule has 2 atom stereocenters. The van der Waals surface area contributed by atoms with E-state index < -0.39 is 27.9 Å². The Morgan fingerprint density at radius 3 is 2.72 bits per heavy atom. The Morgan fingerprint density at radius 1 is 1.21 bits per heavy atom. The highest BCUT2D eigenvalue weighted by Crippen LogP contribution is 2.37. The van der Waals surface area contributed by atoms with Crippen molar-refractivity contribution < 1.29 is 31.8 Å². The average Bonchev–Trinajstić information content (AvgIpc) is 3.04. The SMILES string of the molecule is O=C(C[C@H]1CCS(=O)(=O)C1)OCc1cc(F)cc2c1O[C@H](c1ccccc1)OC2. The van der Waals surface area contributed by atoms with E-state index in [2.05, 4.69) is 0 Å². The van der Waals surface area contributed by atoms with Gasteiger partial charge in [-0.1, -0.05) is 30.3 Å². The van der Waals surface area contributed by atoms with Gasteiger partial charge in [0.2, 0.25) is 6.29 Å². The van der Waals surface area contributed by atoms with E-state index in [0.29, 0.717) is 23.3 Å². The van der Waals surface area contributed by atoms with Crippen LogP contribution in [0.5, 0.6) is 5.75 Å². The standard InChI is InChI=1S/C21H21FO6S/c22-18-9-16(11-26-19(23)8-14-6-7-29(24,25)13-14)20-17(10-18)12-27-21(28-20)15-4-2-1-3-5-15/h1-5,9-10,14,21H,6-8,11-13H2/t14-,21-/m1/s1. The molecule has 2 heterocycles. The maximum Gasteiger partial charge on any atom is 0.306 e. The molecular formula is C21H21FO6S. The highest BCUT2D eigenvalue weighted by atomic mass is 32.2. The second-order valence-corrected chi connectivity index (χ2v) is 9.59. The number of ether oxygens (including phenoxy) is 3. The van der Waals surface area contributed by atoms with Gasteiger partial charge in [0.1, 0.15) is 18.2 Å². The molecule has 0 amide bonds. The molecule has 4 rings (SSSR count). The summed E-state index contributed by atoms with van der Waals surface area (Å²) in [6, 6.07) is 12.0. The van der Waals surface area contributed by atoms with E-state index in [4.69, 9.17) is 14.2 Å². The minimum absolute atomic E-state index is 0.0106. The minimum atomic E-state index is -3.05. The van der Waals surface area contributed by atoms with Crippen LogP contribution in [-0.2, 0) is 37.3 Å². The van der Waals surface area contributed by atoms with E-state index in [-0.39, 0.29) is 37.1 Å². The predicted octanol–water partition coefficient (Wildman–Crippen LogP) is 3.30. The fourth-order valence-electron chi connectivity index (χ4n) is 3.64. The summed E-state index contributed by atoms with van der Waals surface area (Å²) in [5.41, 5.74) is 1.79. The zero-order valence-electron chi connectivity index (χ0n) is 15.7. The van der Waals surface area contributed by atoms with E-state index >= 15 is 0 Å². The van der Waals surface area contributed by atoms with Crippen molar-refractivity contribution in [3.05, 3.63) is 65.0 Å². The van der Waals surface area contributed by atoms with Crippen molar-refractivity contribution in [2.24, 2.45) is 5.92 Å². The quantitative estimate of drug-likeness (QED) is 0.691. The molecular weight excluding hydrogens is 399 g/mol. The van der Waals surface area contributed by atoms with Crippen LogP contribution >= 0.6 is 0 Å². The largest absolute Gasteiger partial charge is 0.461 e. The van der Waals surface area contributed by atoms with E-state index in [1.54, 1.807) is 0 Å². The summed E-state index contributed by atoms with van der Waals surface area (Å²) in [5.74, 6) is -0.629. The van der Waals surface area contributed by atoms with Crippen LogP contribution in [0.1, 0.15) is 35.8 Å². The lowest BCUT2D eigenvalue weighted by atomic mass is 10.1. The fourth-order valence-corrected chi connectivity index (χ4v) is 5.51. The number of hydrogen-bond acceptors (Lipinski definition) is 6. The second kappa shape index (κ2) is 8.12. The van der Waals surface area contributed by atoms with Gasteiger partial charge in [-0.25, -0.2) is 12.8 Å². The highest BCUT2D eigenvalue weighted by molar-refractivity contribution is 7.91. The highest BCUT2D eigenvalue weighted by Gasteiger charge is 2.30. The van der Waals surface area contributed by atoms with E-state index in [9.17, 15) is 17.6 Å². The van der Waals surface area contributed by atoms with Crippen molar-refractivity contribution >= 4 is 15.8 Å². The Labute approximate surface area is 168 Å². The number of carbonyl (C=O) groups is 1. The van der Waals surface area contributed by atoms with Gasteiger partial charge >= 0.3 is 5.97 Å². The molecule has 0 aromatic heterocycles. The van der Waals surface area contributed by atoms with Crippen molar-refractivity contribution in [1.82, 2.24) is 0 Å². The molecule has 0 N–H and O–H groups in total. The van der Waals surface area contributed by atoms with Gasteiger partial charge < -0.3 is 14.2 Å². The van der Waals surface area contributed by atoms with Crippen molar-refractivity contribution in [3.63, 3.8) is 0 Å². The number of carbonyl (C=O) groups excluding carboxylic acids is 1. The molecule has 154 valence electrons. The lowest BCUT2D eigenvalue weighted by Crippen LogP contribution is -2.20. The van der Waals surface area contributed by atoms with Crippen molar-refractivity contribution in [1.29, 1.82) is 0 Å². The molecule has 2 aromatic rings. The van der Waals surface area contributed by atoms with Gasteiger partial charge in [-0.15, -0.1) is 0 Å². The fraction of sp³-hybridized carbons (Fsp3) is 0.381. The van der Waals surface area contributed by atoms with E-state index in [1.807, 2.05) is 30.3 Å². The lowest BCUT2D eigenvalue weighted by Gasteiger charge is -2.28. The third-order valence-electron chi connectivity index (χ3n) is 5.07. The summed E-state index contributed by atoms with van der Waals surface area (Å²) in [6.07, 6.45) is -0.133. The Balaban J connectivity index is 1.44. The molecule has 8 heteroatoms. The summed E-state index contributed by atoms with van der Waals surface area (Å²) in [7, 11) is -3.05. The van der Waals surface area contributed by atoms with Gasteiger partial charge in [0.15, 0.2) is 9.84 Å². The number of halogens is 1. The zero-order chi connectivity index (χ0) is 20.4. The predicted molar refractivity (Wildman–Crippen MR) is 102 cm³/mol. The van der Waals surface area contributed by atoms with Gasteiger partial charge in [0, 0.05) is 23.1 Å². The van der Waals surface area contributed by atoms with Gasteiger partial charge in [-0.05, 0) is 24.5 Å². The smallest absolute Gasteiger partial charge is 0.306 e. The van der Waals surface area contributed by atoms with Crippen LogP contribution in [0.4, 0.5) is 4.39 Å². The number of hydrogen-bond donors (Lipinski definition) is 0. The lowest BCUT2D eigenvalue weighted by molar-refractivity contribution is -0.146. The topological polar surface area (TPSA) is 78.9 Å². The molecule has 6 nitrogen and oxygen atoms in total. The molecule has 2 aliphatic heterocycles. The molecule has 0 unspecified atom stereocenters. The number of benzene rings is 2. The molecule has 0 radical (unpaired) electrons. The molecule has 1 fully saturated rings. The van der Waals surface area contributed by atoms with Crippen LogP contribution in [0.15, 0.2) is 42.5 Å². The molecule has 0 spiro atoms. The number of rotatable bonds is 5. The Bertz CT molecular complexity index is 1010. The van der Waals surface area contributed by atoms with Gasteiger partial charge in [0.25, 0.3) is 0 Å². The normalized spacial score (nSPS) is 22.5. The summed E-state index contributed by atoms with van der Waals surface area (Å²) in [5, 5.41) is 0. The van der Waals surface area contributed by atoms with Crippen LogP contribution in [0.25, 0.3) is 0 Å². The average molecular weight is 420 g/mol. The van der Waals surface area contributed by atoms with Crippen LogP contribution in [-0.4, -0.2) is 25.9 Å². The van der Waals surface area contributed by atoms with Gasteiger partial charge in [-0.2, -0.15) is 0 Å². The van der Waals surface area contributed by atoms with Gasteiger partial charge in [-0.3, -0.25) is 4.79 Å². The zero-order valence-corrected chi connectivity index (χ0v) is 16.5. The third kappa shape index (κ3) is 4.76. The Morgan fingerprint density at radius 2 is 2.00 bits per heavy atom. The summed E-state index contributed by atoms with van der Waals surface area (Å²) in [4.78, 5) is 12.1. The van der Waals surface area contributed by atoms with Crippen LogP contribution in [0.3, 0.4) is 0 Å². The maximum absolute atomic E-state index is 14.0. The summed E-state index contributed by atoms with van der Waals surface area (Å²) >= 11 is 0. The van der Waals surface area contributed by atoms with Crippen LogP contribution in [0, 0.1) is 11.7 Å². The molecule has 0 bridgehead atoms. The van der Waals surface area contributed by atoms with E-state index in [1.165, 1.54) is 12.1 Å². The first-order valence-corrected chi connectivity index (χ1v) is 11.2. The Hall–Kier alpha value is -2.45. The first-order valence-electron chi connectivity index (χ1n) is 9.40. The van der Waals surface area contributed by atoms with Crippen LogP contribution in [0.2, 0.25) is 0 Å². The first-order chi connectivity index (χ1) is 13.9. The van der Waals surface area contributed by atoms with Crippen LogP contribution < -0.4 is 4.74 Å². The summed E-state index contributed by atoms with van der Waals surface area (Å²) < 4.78 is 54.0. The molecule has 2 aliphatic rings. The molecule has 29 heavy (non-hydrogen) atoms. The first kappa shape index (κ1) is 19.8. The van der Waals surface area contributed by atoms with Gasteiger partial charge in [0.05, 0.1) is 18.1 Å². The number of esters is 1. The molecule has 2 aromatic carbocycles. The second-order valence-electron chi connectivity index (χ2n) is 7.36. The molecule has 1 saturated heterocycles. The molecule has 0 aliphatic carbocycles. The minimum Gasteiger partial charge on any atom is -0.461 e. The summed E-state index contributed by atoms with van der Waals surface area (Å²) in [6.45, 7) is 0.0213.